The summed E-state index contributed by atoms with van der Waals surface area (Å²) >= 11 is 0. The molecule has 0 unspecified atom stereocenters. The zero-order valence-corrected chi connectivity index (χ0v) is 16.3. The van der Waals surface area contributed by atoms with Gasteiger partial charge in [-0.15, -0.1) is 0 Å². The molecular formula is C22H24N4O2. The minimum atomic E-state index is -0.284. The smallest absolute Gasteiger partial charge is 0.278 e. The number of benzene rings is 2. The van der Waals surface area contributed by atoms with Crippen LogP contribution in [0.25, 0.3) is 10.9 Å². The van der Waals surface area contributed by atoms with E-state index >= 15 is 0 Å². The normalized spacial score (nSPS) is 15.1. The average molecular weight is 376 g/mol. The van der Waals surface area contributed by atoms with E-state index in [-0.39, 0.29) is 17.0 Å². The third-order valence-corrected chi connectivity index (χ3v) is 5.32. The van der Waals surface area contributed by atoms with Crippen LogP contribution in [0.1, 0.15) is 21.6 Å². The zero-order chi connectivity index (χ0) is 19.7. The van der Waals surface area contributed by atoms with Gasteiger partial charge in [0, 0.05) is 39.8 Å². The van der Waals surface area contributed by atoms with Gasteiger partial charge in [-0.1, -0.05) is 42.0 Å². The van der Waals surface area contributed by atoms with Crippen molar-refractivity contribution in [1.82, 2.24) is 19.6 Å². The Bertz CT molecular complexity index is 1070. The van der Waals surface area contributed by atoms with Crippen LogP contribution >= 0.6 is 0 Å². The Labute approximate surface area is 164 Å². The van der Waals surface area contributed by atoms with E-state index in [4.69, 9.17) is 0 Å². The molecule has 3 aromatic rings. The number of fused-ring (bicyclic) bond motifs is 1. The average Bonchev–Trinajstić information content (AvgIpc) is 2.71. The van der Waals surface area contributed by atoms with Gasteiger partial charge in [-0.2, -0.15) is 5.10 Å². The highest BCUT2D eigenvalue weighted by molar-refractivity contribution is 5.95. The van der Waals surface area contributed by atoms with Crippen molar-refractivity contribution in [3.63, 3.8) is 0 Å². The number of aromatic nitrogens is 2. The van der Waals surface area contributed by atoms with Crippen molar-refractivity contribution < 1.29 is 4.79 Å². The molecule has 2 aromatic carbocycles. The van der Waals surface area contributed by atoms with Crippen molar-refractivity contribution in [2.75, 3.05) is 26.2 Å². The summed E-state index contributed by atoms with van der Waals surface area (Å²) in [6, 6.07) is 16.0. The lowest BCUT2D eigenvalue weighted by Gasteiger charge is -2.34. The van der Waals surface area contributed by atoms with Crippen molar-refractivity contribution in [2.45, 2.75) is 13.5 Å². The summed E-state index contributed by atoms with van der Waals surface area (Å²) in [6.07, 6.45) is 0. The van der Waals surface area contributed by atoms with Crippen molar-refractivity contribution in [1.29, 1.82) is 0 Å². The van der Waals surface area contributed by atoms with Gasteiger partial charge in [0.2, 0.25) is 5.43 Å². The monoisotopic (exact) mass is 376 g/mol. The number of piperazine rings is 1. The maximum absolute atomic E-state index is 13.0. The van der Waals surface area contributed by atoms with E-state index in [2.05, 4.69) is 22.1 Å². The van der Waals surface area contributed by atoms with Crippen LogP contribution < -0.4 is 5.43 Å². The Balaban J connectivity index is 1.51. The molecule has 1 saturated heterocycles. The molecule has 4 rings (SSSR count). The van der Waals surface area contributed by atoms with E-state index in [1.165, 1.54) is 5.56 Å². The van der Waals surface area contributed by atoms with Gasteiger partial charge in [0.25, 0.3) is 5.91 Å². The molecule has 0 N–H and O–H groups in total. The summed E-state index contributed by atoms with van der Waals surface area (Å²) < 4.78 is 1.62. The maximum Gasteiger partial charge on any atom is 0.278 e. The highest BCUT2D eigenvalue weighted by Crippen LogP contribution is 2.14. The van der Waals surface area contributed by atoms with E-state index in [0.717, 1.165) is 30.7 Å². The van der Waals surface area contributed by atoms with Crippen LogP contribution in [0.3, 0.4) is 0 Å². The minimum Gasteiger partial charge on any atom is -0.335 e. The molecule has 1 aliphatic rings. The predicted molar refractivity (Wildman–Crippen MR) is 109 cm³/mol. The summed E-state index contributed by atoms with van der Waals surface area (Å²) in [4.78, 5) is 30.0. The quantitative estimate of drug-likeness (QED) is 0.703. The van der Waals surface area contributed by atoms with Gasteiger partial charge in [0.1, 0.15) is 0 Å². The molecule has 0 bridgehead atoms. The van der Waals surface area contributed by atoms with Crippen molar-refractivity contribution in [3.8, 4) is 0 Å². The molecule has 1 amide bonds. The first-order valence-electron chi connectivity index (χ1n) is 9.56. The Hall–Kier alpha value is -2.99. The molecule has 0 aliphatic carbocycles. The lowest BCUT2D eigenvalue weighted by atomic mass is 10.1. The number of amides is 1. The van der Waals surface area contributed by atoms with Gasteiger partial charge in [-0.25, -0.2) is 0 Å². The third kappa shape index (κ3) is 3.55. The summed E-state index contributed by atoms with van der Waals surface area (Å²) in [6.45, 7) is 5.58. The van der Waals surface area contributed by atoms with Gasteiger partial charge in [0.05, 0.1) is 10.9 Å². The van der Waals surface area contributed by atoms with E-state index in [0.29, 0.717) is 18.5 Å². The molecule has 0 spiro atoms. The van der Waals surface area contributed by atoms with Crippen molar-refractivity contribution in [2.24, 2.45) is 7.05 Å². The second-order valence-corrected chi connectivity index (χ2v) is 7.38. The summed E-state index contributed by atoms with van der Waals surface area (Å²) in [5.41, 5.74) is 2.72. The second kappa shape index (κ2) is 7.56. The van der Waals surface area contributed by atoms with E-state index in [9.17, 15) is 9.59 Å². The minimum absolute atomic E-state index is 0.0112. The molecule has 1 aliphatic heterocycles. The van der Waals surface area contributed by atoms with Gasteiger partial charge in [-0.05, 0) is 24.6 Å². The first kappa shape index (κ1) is 18.4. The van der Waals surface area contributed by atoms with Crippen LogP contribution in [0.15, 0.2) is 53.3 Å². The van der Waals surface area contributed by atoms with Gasteiger partial charge in [-0.3, -0.25) is 19.2 Å². The highest BCUT2D eigenvalue weighted by atomic mass is 16.2. The van der Waals surface area contributed by atoms with Crippen LogP contribution in [-0.4, -0.2) is 51.7 Å². The molecule has 2 heterocycles. The summed E-state index contributed by atoms with van der Waals surface area (Å²) in [5, 5.41) is 4.84. The van der Waals surface area contributed by atoms with Gasteiger partial charge >= 0.3 is 0 Å². The molecule has 144 valence electrons. The van der Waals surface area contributed by atoms with Crippen LogP contribution in [0.4, 0.5) is 0 Å². The first-order valence-corrected chi connectivity index (χ1v) is 9.56. The van der Waals surface area contributed by atoms with Gasteiger partial charge < -0.3 is 4.90 Å². The standard InChI is InChI=1S/C22H24N4O2/c1-16-8-9-19-18(14-16)21(27)20(23-24(19)2)22(28)26-12-10-25(11-13-26)15-17-6-4-3-5-7-17/h3-9,14H,10-13,15H2,1-2H3. The molecule has 1 aromatic heterocycles. The first-order chi connectivity index (χ1) is 13.5. The van der Waals surface area contributed by atoms with E-state index in [1.54, 1.807) is 16.6 Å². The third-order valence-electron chi connectivity index (χ3n) is 5.32. The lowest BCUT2D eigenvalue weighted by Crippen LogP contribution is -2.49. The SMILES string of the molecule is Cc1ccc2c(c1)c(=O)c(C(=O)N1CCN(Cc3ccccc3)CC1)nn2C. The highest BCUT2D eigenvalue weighted by Gasteiger charge is 2.26. The predicted octanol–water partition coefficient (Wildman–Crippen LogP) is 2.20. The molecule has 6 heteroatoms. The number of rotatable bonds is 3. The largest absolute Gasteiger partial charge is 0.335 e. The van der Waals surface area contributed by atoms with Crippen molar-refractivity contribution >= 4 is 16.8 Å². The number of aryl methyl sites for hydroxylation is 2. The fraction of sp³-hybridized carbons (Fsp3) is 0.318. The molecule has 28 heavy (non-hydrogen) atoms. The number of hydrogen-bond donors (Lipinski definition) is 0. The van der Waals surface area contributed by atoms with Crippen LogP contribution in [0.5, 0.6) is 0 Å². The van der Waals surface area contributed by atoms with Gasteiger partial charge in [0.15, 0.2) is 5.69 Å². The maximum atomic E-state index is 13.0. The molecule has 0 atom stereocenters. The number of hydrogen-bond acceptors (Lipinski definition) is 4. The topological polar surface area (TPSA) is 58.4 Å². The Morgan fingerprint density at radius 3 is 2.46 bits per heavy atom. The van der Waals surface area contributed by atoms with Crippen molar-refractivity contribution in [3.05, 3.63) is 75.6 Å². The fourth-order valence-corrected chi connectivity index (χ4v) is 3.73. The van der Waals surface area contributed by atoms with Crippen LogP contribution in [0, 0.1) is 6.92 Å². The van der Waals surface area contributed by atoms with Crippen LogP contribution in [0.2, 0.25) is 0 Å². The molecular weight excluding hydrogens is 352 g/mol. The second-order valence-electron chi connectivity index (χ2n) is 7.38. The lowest BCUT2D eigenvalue weighted by molar-refractivity contribution is 0.0619. The Morgan fingerprint density at radius 1 is 1.04 bits per heavy atom. The molecule has 1 fully saturated rings. The fourth-order valence-electron chi connectivity index (χ4n) is 3.73. The summed E-state index contributed by atoms with van der Waals surface area (Å²) in [7, 11) is 1.77. The number of carbonyl (C=O) groups excluding carboxylic acids is 1. The zero-order valence-electron chi connectivity index (χ0n) is 16.3. The Kier molecular flexibility index (Phi) is 4.96. The number of carbonyl (C=O) groups is 1. The van der Waals surface area contributed by atoms with Crippen LogP contribution in [-0.2, 0) is 13.6 Å². The molecule has 6 nitrogen and oxygen atoms in total. The van der Waals surface area contributed by atoms with E-state index < -0.39 is 0 Å². The summed E-state index contributed by atoms with van der Waals surface area (Å²) in [5.74, 6) is -0.275. The van der Waals surface area contributed by atoms with E-state index in [1.807, 2.05) is 43.3 Å². The molecule has 0 radical (unpaired) electrons. The molecule has 0 saturated carbocycles. The Morgan fingerprint density at radius 2 is 1.75 bits per heavy atom. The number of nitrogens with zero attached hydrogens (tertiary/aromatic N) is 4.